The lowest BCUT2D eigenvalue weighted by molar-refractivity contribution is 0.0810. The standard InChI is InChI=1S/C23H24O6/c1-22(2)7-5-11-14(28-22)10-16-18(19(11)25)20(26)17-12-6-8-23(3,4)29-21(12)13(24)9-15(17)27-16/h9-10,24-25H,5-8H2,1-4H3. The van der Waals surface area contributed by atoms with Gasteiger partial charge in [-0.05, 0) is 53.4 Å². The highest BCUT2D eigenvalue weighted by Crippen LogP contribution is 2.46. The number of aryl methyl sites for hydroxylation is 1. The molecule has 6 nitrogen and oxygen atoms in total. The van der Waals surface area contributed by atoms with Gasteiger partial charge in [0.1, 0.15) is 39.3 Å². The Morgan fingerprint density at radius 2 is 1.48 bits per heavy atom. The molecule has 0 radical (unpaired) electrons. The Morgan fingerprint density at radius 3 is 2.21 bits per heavy atom. The molecule has 6 heteroatoms. The van der Waals surface area contributed by atoms with E-state index in [-0.39, 0.29) is 39.1 Å². The van der Waals surface area contributed by atoms with Gasteiger partial charge in [-0.3, -0.25) is 4.79 Å². The first-order valence-corrected chi connectivity index (χ1v) is 9.94. The highest BCUT2D eigenvalue weighted by molar-refractivity contribution is 5.97. The molecule has 3 aromatic rings. The molecule has 0 amide bonds. The van der Waals surface area contributed by atoms with Crippen LogP contribution in [0.3, 0.4) is 0 Å². The maximum absolute atomic E-state index is 13.5. The lowest BCUT2D eigenvalue weighted by Crippen LogP contribution is -2.33. The smallest absolute Gasteiger partial charge is 0.204 e. The summed E-state index contributed by atoms with van der Waals surface area (Å²) in [6.07, 6.45) is 2.64. The fourth-order valence-electron chi connectivity index (χ4n) is 4.43. The van der Waals surface area contributed by atoms with Crippen molar-refractivity contribution in [3.8, 4) is 23.0 Å². The Kier molecular flexibility index (Phi) is 3.50. The SMILES string of the molecule is CC1(C)CCc2c(cc3oc4cc(O)c5c(c4c(=O)c3c2O)CCC(C)(C)O5)O1. The van der Waals surface area contributed by atoms with Gasteiger partial charge < -0.3 is 24.1 Å². The summed E-state index contributed by atoms with van der Waals surface area (Å²) in [5.41, 5.74) is 0.681. The first-order valence-electron chi connectivity index (χ1n) is 9.94. The molecule has 5 rings (SSSR count). The maximum atomic E-state index is 13.5. The van der Waals surface area contributed by atoms with E-state index in [9.17, 15) is 15.0 Å². The van der Waals surface area contributed by atoms with Crippen molar-refractivity contribution in [3.05, 3.63) is 33.5 Å². The van der Waals surface area contributed by atoms with Gasteiger partial charge in [-0.25, -0.2) is 0 Å². The van der Waals surface area contributed by atoms with Gasteiger partial charge in [-0.2, -0.15) is 0 Å². The van der Waals surface area contributed by atoms with Crippen LogP contribution in [0.5, 0.6) is 23.0 Å². The molecule has 152 valence electrons. The average Bonchev–Trinajstić information content (AvgIpc) is 2.60. The Morgan fingerprint density at radius 1 is 0.862 bits per heavy atom. The van der Waals surface area contributed by atoms with Crippen LogP contribution < -0.4 is 14.9 Å². The quantitative estimate of drug-likeness (QED) is 0.541. The molecule has 1 aromatic heterocycles. The monoisotopic (exact) mass is 396 g/mol. The molecule has 0 saturated carbocycles. The summed E-state index contributed by atoms with van der Waals surface area (Å²) >= 11 is 0. The first-order chi connectivity index (χ1) is 13.6. The number of phenols is 2. The van der Waals surface area contributed by atoms with Crippen LogP contribution in [0.25, 0.3) is 21.9 Å². The average molecular weight is 396 g/mol. The summed E-state index contributed by atoms with van der Waals surface area (Å²) in [5, 5.41) is 21.9. The fraction of sp³-hybridized carbons (Fsp3) is 0.435. The van der Waals surface area contributed by atoms with Gasteiger partial charge in [0.25, 0.3) is 0 Å². The van der Waals surface area contributed by atoms with Gasteiger partial charge in [-0.15, -0.1) is 0 Å². The second-order valence-electron chi connectivity index (χ2n) is 9.31. The van der Waals surface area contributed by atoms with Gasteiger partial charge in [0.15, 0.2) is 11.5 Å². The van der Waals surface area contributed by atoms with E-state index in [0.29, 0.717) is 47.3 Å². The largest absolute Gasteiger partial charge is 0.507 e. The Bertz CT molecular complexity index is 1250. The zero-order valence-electron chi connectivity index (χ0n) is 17.0. The molecule has 2 N–H and O–H groups in total. The molecule has 0 spiro atoms. The molecule has 0 unspecified atom stereocenters. The van der Waals surface area contributed by atoms with Crippen molar-refractivity contribution < 1.29 is 24.1 Å². The third-order valence-electron chi connectivity index (χ3n) is 6.04. The summed E-state index contributed by atoms with van der Waals surface area (Å²) in [6, 6.07) is 3.08. The van der Waals surface area contributed by atoms with E-state index in [1.54, 1.807) is 6.07 Å². The Labute approximate surface area is 167 Å². The summed E-state index contributed by atoms with van der Waals surface area (Å²) in [7, 11) is 0. The third-order valence-corrected chi connectivity index (χ3v) is 6.04. The Hall–Kier alpha value is -2.89. The van der Waals surface area contributed by atoms with Crippen LogP contribution in [0.4, 0.5) is 0 Å². The summed E-state index contributed by atoms with van der Waals surface area (Å²) in [5.74, 6) is 0.717. The van der Waals surface area contributed by atoms with Crippen molar-refractivity contribution in [2.75, 3.05) is 0 Å². The minimum Gasteiger partial charge on any atom is -0.507 e. The molecule has 0 atom stereocenters. The van der Waals surface area contributed by atoms with Gasteiger partial charge in [0.2, 0.25) is 5.43 Å². The lowest BCUT2D eigenvalue weighted by atomic mass is 9.90. The van der Waals surface area contributed by atoms with E-state index >= 15 is 0 Å². The minimum absolute atomic E-state index is 0.0534. The molecule has 0 bridgehead atoms. The van der Waals surface area contributed by atoms with Crippen LogP contribution >= 0.6 is 0 Å². The number of benzene rings is 2. The van der Waals surface area contributed by atoms with Crippen molar-refractivity contribution in [2.45, 2.75) is 64.6 Å². The first kappa shape index (κ1) is 18.2. The molecule has 29 heavy (non-hydrogen) atoms. The molecular weight excluding hydrogens is 372 g/mol. The van der Waals surface area contributed by atoms with Crippen LogP contribution in [0, 0.1) is 0 Å². The zero-order chi connectivity index (χ0) is 20.7. The maximum Gasteiger partial charge on any atom is 0.204 e. The summed E-state index contributed by atoms with van der Waals surface area (Å²) in [4.78, 5) is 13.5. The second kappa shape index (κ2) is 5.59. The molecule has 2 aliphatic heterocycles. The number of rotatable bonds is 0. The number of ether oxygens (including phenoxy) is 2. The van der Waals surface area contributed by atoms with E-state index in [1.807, 2.05) is 27.7 Å². The number of phenolic OH excluding ortho intramolecular Hbond substituents is 2. The molecule has 0 aliphatic carbocycles. The van der Waals surface area contributed by atoms with Crippen molar-refractivity contribution in [3.63, 3.8) is 0 Å². The zero-order valence-corrected chi connectivity index (χ0v) is 17.0. The van der Waals surface area contributed by atoms with Crippen molar-refractivity contribution >= 4 is 21.9 Å². The van der Waals surface area contributed by atoms with Crippen LogP contribution in [0.2, 0.25) is 0 Å². The highest BCUT2D eigenvalue weighted by atomic mass is 16.5. The van der Waals surface area contributed by atoms with Crippen LogP contribution in [-0.2, 0) is 12.8 Å². The summed E-state index contributed by atoms with van der Waals surface area (Å²) < 4.78 is 17.9. The molecule has 3 heterocycles. The van der Waals surface area contributed by atoms with Crippen molar-refractivity contribution in [2.24, 2.45) is 0 Å². The van der Waals surface area contributed by atoms with E-state index in [4.69, 9.17) is 13.9 Å². The molecule has 2 aromatic carbocycles. The van der Waals surface area contributed by atoms with Crippen molar-refractivity contribution in [1.82, 2.24) is 0 Å². The van der Waals surface area contributed by atoms with Crippen LogP contribution in [0.15, 0.2) is 21.3 Å². The van der Waals surface area contributed by atoms with E-state index in [2.05, 4.69) is 0 Å². The fourth-order valence-corrected chi connectivity index (χ4v) is 4.43. The Balaban J connectivity index is 1.85. The normalized spacial score (nSPS) is 19.3. The van der Waals surface area contributed by atoms with Crippen LogP contribution in [-0.4, -0.2) is 21.4 Å². The highest BCUT2D eigenvalue weighted by Gasteiger charge is 2.34. The van der Waals surface area contributed by atoms with Crippen molar-refractivity contribution in [1.29, 1.82) is 0 Å². The predicted octanol–water partition coefficient (Wildman–Crippen LogP) is 4.56. The number of hydrogen-bond acceptors (Lipinski definition) is 6. The molecule has 0 saturated heterocycles. The molecule has 0 fully saturated rings. The van der Waals surface area contributed by atoms with E-state index < -0.39 is 5.60 Å². The van der Waals surface area contributed by atoms with Gasteiger partial charge >= 0.3 is 0 Å². The van der Waals surface area contributed by atoms with Gasteiger partial charge in [0, 0.05) is 23.3 Å². The second-order valence-corrected chi connectivity index (χ2v) is 9.31. The number of fused-ring (bicyclic) bond motifs is 5. The van der Waals surface area contributed by atoms with Crippen LogP contribution in [0.1, 0.15) is 51.7 Å². The topological polar surface area (TPSA) is 89.1 Å². The third kappa shape index (κ3) is 2.65. The van der Waals surface area contributed by atoms with Gasteiger partial charge in [-0.1, -0.05) is 0 Å². The van der Waals surface area contributed by atoms with E-state index in [0.717, 1.165) is 6.42 Å². The summed E-state index contributed by atoms with van der Waals surface area (Å²) in [6.45, 7) is 7.86. The minimum atomic E-state index is -0.430. The number of aromatic hydroxyl groups is 2. The van der Waals surface area contributed by atoms with Gasteiger partial charge in [0.05, 0.1) is 5.39 Å². The number of hydrogen-bond donors (Lipinski definition) is 2. The molecular formula is C23H24O6. The molecule has 2 aliphatic rings. The van der Waals surface area contributed by atoms with E-state index in [1.165, 1.54) is 6.07 Å². The predicted molar refractivity (Wildman–Crippen MR) is 109 cm³/mol. The lowest BCUT2D eigenvalue weighted by Gasteiger charge is -2.33.